The highest BCUT2D eigenvalue weighted by molar-refractivity contribution is 5.87. The maximum absolute atomic E-state index is 12.7. The van der Waals surface area contributed by atoms with Crippen LogP contribution in [0.3, 0.4) is 0 Å². The molecule has 2 aromatic carbocycles. The number of nitrogens with zero attached hydrogens (tertiary/aromatic N) is 1. The van der Waals surface area contributed by atoms with Crippen LogP contribution in [-0.4, -0.2) is 46.4 Å². The van der Waals surface area contributed by atoms with Crippen molar-refractivity contribution >= 4 is 22.8 Å². The molecule has 1 heterocycles. The Balaban J connectivity index is 1.74. The number of aryl methyl sites for hydroxylation is 1. The molecular formula is C22H27NO5. The van der Waals surface area contributed by atoms with Gasteiger partial charge in [0.2, 0.25) is 0 Å². The maximum atomic E-state index is 12.7. The highest BCUT2D eigenvalue weighted by atomic mass is 16.6. The Morgan fingerprint density at radius 1 is 1.18 bits per heavy atom. The molecule has 0 aromatic heterocycles. The third kappa shape index (κ3) is 4.44. The monoisotopic (exact) mass is 385 g/mol. The normalized spacial score (nSPS) is 19.7. The van der Waals surface area contributed by atoms with Gasteiger partial charge in [-0.1, -0.05) is 36.4 Å². The van der Waals surface area contributed by atoms with Crippen molar-refractivity contribution in [3.63, 3.8) is 0 Å². The number of carbonyl (C=O) groups is 2. The summed E-state index contributed by atoms with van der Waals surface area (Å²) in [5, 5.41) is 12.1. The predicted molar refractivity (Wildman–Crippen MR) is 106 cm³/mol. The molecule has 0 unspecified atom stereocenters. The second-order valence-electron chi connectivity index (χ2n) is 8.23. The summed E-state index contributed by atoms with van der Waals surface area (Å²) in [7, 11) is 0. The van der Waals surface area contributed by atoms with Gasteiger partial charge in [0.05, 0.1) is 12.6 Å². The molecule has 150 valence electrons. The minimum Gasteiger partial charge on any atom is -0.459 e. The van der Waals surface area contributed by atoms with Crippen LogP contribution in [0.25, 0.3) is 10.8 Å². The van der Waals surface area contributed by atoms with Crippen LogP contribution in [0.2, 0.25) is 0 Å². The smallest absolute Gasteiger partial charge is 0.411 e. The molecule has 3 rings (SSSR count). The van der Waals surface area contributed by atoms with E-state index in [1.165, 1.54) is 4.90 Å². The van der Waals surface area contributed by atoms with E-state index in [4.69, 9.17) is 9.47 Å². The van der Waals surface area contributed by atoms with Gasteiger partial charge in [-0.05, 0) is 44.0 Å². The number of aliphatic hydroxyl groups is 1. The first-order valence-electron chi connectivity index (χ1n) is 9.47. The van der Waals surface area contributed by atoms with E-state index >= 15 is 0 Å². The van der Waals surface area contributed by atoms with Crippen LogP contribution < -0.4 is 0 Å². The van der Waals surface area contributed by atoms with Crippen LogP contribution in [0.4, 0.5) is 4.79 Å². The van der Waals surface area contributed by atoms with Crippen LogP contribution in [0.1, 0.15) is 38.3 Å². The van der Waals surface area contributed by atoms with E-state index in [1.807, 2.05) is 43.3 Å². The number of fused-ring (bicyclic) bond motifs is 1. The van der Waals surface area contributed by atoms with Crippen molar-refractivity contribution < 1.29 is 24.2 Å². The molecule has 6 heteroatoms. The second kappa shape index (κ2) is 7.80. The van der Waals surface area contributed by atoms with Crippen molar-refractivity contribution in [2.75, 3.05) is 6.54 Å². The lowest BCUT2D eigenvalue weighted by Gasteiger charge is -2.27. The fourth-order valence-corrected chi connectivity index (χ4v) is 3.44. The molecule has 0 bridgehead atoms. The number of ether oxygens (including phenoxy) is 2. The molecule has 2 atom stereocenters. The van der Waals surface area contributed by atoms with Crippen molar-refractivity contribution in [3.05, 3.63) is 47.5 Å². The van der Waals surface area contributed by atoms with Gasteiger partial charge in [0.1, 0.15) is 18.2 Å². The fraction of sp³-hybridized carbons (Fsp3) is 0.455. The van der Waals surface area contributed by atoms with E-state index in [0.717, 1.165) is 21.9 Å². The molecule has 1 aliphatic rings. The summed E-state index contributed by atoms with van der Waals surface area (Å²) < 4.78 is 10.9. The molecule has 1 saturated heterocycles. The molecule has 0 aliphatic carbocycles. The second-order valence-corrected chi connectivity index (χ2v) is 8.23. The third-order valence-electron chi connectivity index (χ3n) is 4.81. The molecular weight excluding hydrogens is 358 g/mol. The van der Waals surface area contributed by atoms with E-state index in [2.05, 4.69) is 0 Å². The summed E-state index contributed by atoms with van der Waals surface area (Å²) >= 11 is 0. The summed E-state index contributed by atoms with van der Waals surface area (Å²) in [5.41, 5.74) is 1.29. The average molecular weight is 385 g/mol. The van der Waals surface area contributed by atoms with E-state index < -0.39 is 29.8 Å². The summed E-state index contributed by atoms with van der Waals surface area (Å²) in [6.07, 6.45) is -1.25. The minimum atomic E-state index is -0.847. The van der Waals surface area contributed by atoms with Gasteiger partial charge in [-0.15, -0.1) is 0 Å². The van der Waals surface area contributed by atoms with Gasteiger partial charge >= 0.3 is 12.1 Å². The highest BCUT2D eigenvalue weighted by Gasteiger charge is 2.41. The molecule has 6 nitrogen and oxygen atoms in total. The number of carbonyl (C=O) groups excluding carboxylic acids is 2. The van der Waals surface area contributed by atoms with Gasteiger partial charge in [0.15, 0.2) is 0 Å². The lowest BCUT2D eigenvalue weighted by atomic mass is 10.0. The Kier molecular flexibility index (Phi) is 5.61. The zero-order chi connectivity index (χ0) is 20.5. The predicted octanol–water partition coefficient (Wildman–Crippen LogP) is 3.56. The number of amides is 1. The zero-order valence-corrected chi connectivity index (χ0v) is 16.8. The van der Waals surface area contributed by atoms with E-state index in [1.54, 1.807) is 20.8 Å². The Labute approximate surface area is 165 Å². The first-order chi connectivity index (χ1) is 13.2. The van der Waals surface area contributed by atoms with Gasteiger partial charge in [-0.25, -0.2) is 9.59 Å². The average Bonchev–Trinajstić information content (AvgIpc) is 3.01. The molecule has 28 heavy (non-hydrogen) atoms. The Morgan fingerprint density at radius 3 is 2.61 bits per heavy atom. The molecule has 0 spiro atoms. The van der Waals surface area contributed by atoms with Crippen molar-refractivity contribution in [2.45, 2.75) is 58.5 Å². The topological polar surface area (TPSA) is 76.1 Å². The lowest BCUT2D eigenvalue weighted by Crippen LogP contribution is -2.44. The van der Waals surface area contributed by atoms with Gasteiger partial charge in [0.25, 0.3) is 0 Å². The number of benzene rings is 2. The summed E-state index contributed by atoms with van der Waals surface area (Å²) in [5.74, 6) is -0.533. The Bertz CT molecular complexity index is 886. The van der Waals surface area contributed by atoms with Crippen LogP contribution in [-0.2, 0) is 20.9 Å². The van der Waals surface area contributed by atoms with E-state index in [9.17, 15) is 14.7 Å². The molecule has 1 amide bonds. The van der Waals surface area contributed by atoms with Crippen LogP contribution in [0, 0.1) is 6.92 Å². The van der Waals surface area contributed by atoms with Gasteiger partial charge < -0.3 is 14.6 Å². The Morgan fingerprint density at radius 2 is 1.89 bits per heavy atom. The van der Waals surface area contributed by atoms with Gasteiger partial charge in [0, 0.05) is 12.0 Å². The van der Waals surface area contributed by atoms with Crippen LogP contribution in [0.5, 0.6) is 0 Å². The molecule has 0 saturated carbocycles. The summed E-state index contributed by atoms with van der Waals surface area (Å²) in [6, 6.07) is 11.1. The first kappa shape index (κ1) is 20.1. The van der Waals surface area contributed by atoms with E-state index in [0.29, 0.717) is 0 Å². The van der Waals surface area contributed by atoms with Crippen LogP contribution >= 0.6 is 0 Å². The van der Waals surface area contributed by atoms with Gasteiger partial charge in [-0.2, -0.15) is 0 Å². The number of hydrogen-bond acceptors (Lipinski definition) is 5. The van der Waals surface area contributed by atoms with Crippen molar-refractivity contribution in [3.8, 4) is 0 Å². The third-order valence-corrected chi connectivity index (χ3v) is 4.81. The highest BCUT2D eigenvalue weighted by Crippen LogP contribution is 2.25. The maximum Gasteiger partial charge on any atom is 0.411 e. The number of hydrogen-bond donors (Lipinski definition) is 1. The number of esters is 1. The lowest BCUT2D eigenvalue weighted by molar-refractivity contribution is -0.150. The molecule has 2 aromatic rings. The number of aliphatic hydroxyl groups excluding tert-OH is 1. The zero-order valence-electron chi connectivity index (χ0n) is 16.8. The standard InChI is InChI=1S/C22H27NO5/c1-14-9-10-15-7-5-6-8-17(15)18(14)13-27-20(25)19-11-16(24)12-23(19)21(26)28-22(2,3)4/h5-10,16,19,24H,11-13H2,1-4H3/t16-,19-/m0/s1. The van der Waals surface area contributed by atoms with E-state index in [-0.39, 0.29) is 19.6 Å². The summed E-state index contributed by atoms with van der Waals surface area (Å²) in [4.78, 5) is 26.4. The Hall–Kier alpha value is -2.60. The van der Waals surface area contributed by atoms with Crippen molar-refractivity contribution in [1.29, 1.82) is 0 Å². The number of likely N-dealkylation sites (tertiary alicyclic amines) is 1. The largest absolute Gasteiger partial charge is 0.459 e. The quantitative estimate of drug-likeness (QED) is 0.818. The fourth-order valence-electron chi connectivity index (χ4n) is 3.44. The molecule has 1 aliphatic heterocycles. The minimum absolute atomic E-state index is 0.0575. The SMILES string of the molecule is Cc1ccc2ccccc2c1COC(=O)[C@@H]1C[C@H](O)CN1C(=O)OC(C)(C)C. The van der Waals surface area contributed by atoms with Crippen molar-refractivity contribution in [2.24, 2.45) is 0 Å². The number of β-amino-alcohol motifs (C(OH)–C–C–N with tert-alkyl or cyclic N) is 1. The van der Waals surface area contributed by atoms with Gasteiger partial charge in [-0.3, -0.25) is 4.90 Å². The molecule has 0 radical (unpaired) electrons. The first-order valence-corrected chi connectivity index (χ1v) is 9.47. The summed E-state index contributed by atoms with van der Waals surface area (Å²) in [6.45, 7) is 7.42. The van der Waals surface area contributed by atoms with Crippen molar-refractivity contribution in [1.82, 2.24) is 4.90 Å². The van der Waals surface area contributed by atoms with Crippen LogP contribution in [0.15, 0.2) is 36.4 Å². The number of rotatable bonds is 3. The molecule has 1 N–H and O–H groups in total. The molecule has 1 fully saturated rings.